The van der Waals surface area contributed by atoms with E-state index < -0.39 is 5.91 Å². The van der Waals surface area contributed by atoms with E-state index in [1.54, 1.807) is 18.2 Å². The van der Waals surface area contributed by atoms with Crippen LogP contribution in [0.3, 0.4) is 0 Å². The molecular formula is C13H13N3O3. The molecule has 1 aromatic carbocycles. The summed E-state index contributed by atoms with van der Waals surface area (Å²) >= 11 is 0. The minimum Gasteiger partial charge on any atom is -0.506 e. The van der Waals surface area contributed by atoms with Gasteiger partial charge in [-0.2, -0.15) is 0 Å². The van der Waals surface area contributed by atoms with Gasteiger partial charge in [-0.3, -0.25) is 4.79 Å². The van der Waals surface area contributed by atoms with Crippen LogP contribution in [-0.4, -0.2) is 23.1 Å². The van der Waals surface area contributed by atoms with E-state index in [4.69, 9.17) is 10.5 Å². The number of pyridine rings is 1. The molecular weight excluding hydrogens is 246 g/mol. The number of benzene rings is 1. The summed E-state index contributed by atoms with van der Waals surface area (Å²) in [6, 6.07) is 7.77. The molecule has 98 valence electrons. The third-order valence-corrected chi connectivity index (χ3v) is 2.51. The highest BCUT2D eigenvalue weighted by Gasteiger charge is 2.13. The molecule has 6 heteroatoms. The number of carbonyl (C=O) groups excluding carboxylic acids is 1. The summed E-state index contributed by atoms with van der Waals surface area (Å²) < 4.78 is 4.95. The maximum Gasteiger partial charge on any atom is 0.276 e. The summed E-state index contributed by atoms with van der Waals surface area (Å²) in [6.45, 7) is 0. The van der Waals surface area contributed by atoms with Gasteiger partial charge >= 0.3 is 0 Å². The number of phenolic OH excluding ortho intramolecular Hbond substituents is 1. The number of amides is 1. The molecule has 0 aliphatic rings. The predicted molar refractivity (Wildman–Crippen MR) is 71.3 cm³/mol. The van der Waals surface area contributed by atoms with E-state index in [0.717, 1.165) is 0 Å². The van der Waals surface area contributed by atoms with Crippen LogP contribution >= 0.6 is 0 Å². The average Bonchev–Trinajstić information content (AvgIpc) is 2.41. The Kier molecular flexibility index (Phi) is 3.51. The average molecular weight is 259 g/mol. The predicted octanol–water partition coefficient (Wildman–Crippen LogP) is 1.63. The van der Waals surface area contributed by atoms with Crippen molar-refractivity contribution in [3.63, 3.8) is 0 Å². The lowest BCUT2D eigenvalue weighted by Gasteiger charge is -2.09. The molecule has 0 atom stereocenters. The van der Waals surface area contributed by atoms with Gasteiger partial charge in [-0.15, -0.1) is 0 Å². The first-order valence-corrected chi connectivity index (χ1v) is 5.50. The Bertz CT molecular complexity index is 614. The molecule has 2 aromatic rings. The lowest BCUT2D eigenvalue weighted by atomic mass is 10.2. The summed E-state index contributed by atoms with van der Waals surface area (Å²) in [7, 11) is 1.49. The van der Waals surface area contributed by atoms with Gasteiger partial charge in [-0.25, -0.2) is 4.98 Å². The second-order valence-corrected chi connectivity index (χ2v) is 3.78. The maximum absolute atomic E-state index is 11.9. The first-order valence-electron chi connectivity index (χ1n) is 5.50. The SMILES string of the molecule is COc1ccc(NC(=O)c2ncccc2N)c(O)c1. The van der Waals surface area contributed by atoms with Crippen molar-refractivity contribution in [3.05, 3.63) is 42.2 Å². The molecule has 0 radical (unpaired) electrons. The van der Waals surface area contributed by atoms with E-state index in [9.17, 15) is 9.90 Å². The van der Waals surface area contributed by atoms with E-state index in [1.165, 1.54) is 25.4 Å². The van der Waals surface area contributed by atoms with Gasteiger partial charge in [-0.1, -0.05) is 0 Å². The normalized spacial score (nSPS) is 9.95. The van der Waals surface area contributed by atoms with Gasteiger partial charge in [0.15, 0.2) is 5.69 Å². The number of rotatable bonds is 3. The van der Waals surface area contributed by atoms with Gasteiger partial charge in [0.05, 0.1) is 18.5 Å². The molecule has 19 heavy (non-hydrogen) atoms. The molecule has 0 saturated carbocycles. The highest BCUT2D eigenvalue weighted by Crippen LogP contribution is 2.28. The van der Waals surface area contributed by atoms with Crippen LogP contribution in [0, 0.1) is 0 Å². The van der Waals surface area contributed by atoms with Crippen molar-refractivity contribution in [1.82, 2.24) is 4.98 Å². The van der Waals surface area contributed by atoms with E-state index in [1.807, 2.05) is 0 Å². The zero-order chi connectivity index (χ0) is 13.8. The highest BCUT2D eigenvalue weighted by atomic mass is 16.5. The van der Waals surface area contributed by atoms with Crippen molar-refractivity contribution in [2.45, 2.75) is 0 Å². The summed E-state index contributed by atoms with van der Waals surface area (Å²) in [5.41, 5.74) is 6.29. The largest absolute Gasteiger partial charge is 0.506 e. The number of phenols is 1. The number of anilines is 2. The highest BCUT2D eigenvalue weighted by molar-refractivity contribution is 6.06. The summed E-state index contributed by atoms with van der Waals surface area (Å²) in [5, 5.41) is 12.3. The van der Waals surface area contributed by atoms with Crippen LogP contribution in [-0.2, 0) is 0 Å². The number of nitrogen functional groups attached to an aromatic ring is 1. The molecule has 0 spiro atoms. The number of aromatic hydroxyl groups is 1. The smallest absolute Gasteiger partial charge is 0.276 e. The fourth-order valence-electron chi connectivity index (χ4n) is 1.53. The minimum atomic E-state index is -0.487. The molecule has 0 saturated heterocycles. The molecule has 6 nitrogen and oxygen atoms in total. The Morgan fingerprint density at radius 3 is 2.84 bits per heavy atom. The Morgan fingerprint density at radius 1 is 1.42 bits per heavy atom. The zero-order valence-electron chi connectivity index (χ0n) is 10.3. The van der Waals surface area contributed by atoms with E-state index >= 15 is 0 Å². The molecule has 0 unspecified atom stereocenters. The van der Waals surface area contributed by atoms with Crippen molar-refractivity contribution in [1.29, 1.82) is 0 Å². The van der Waals surface area contributed by atoms with Crippen molar-refractivity contribution < 1.29 is 14.6 Å². The van der Waals surface area contributed by atoms with E-state index in [2.05, 4.69) is 10.3 Å². The fourth-order valence-corrected chi connectivity index (χ4v) is 1.53. The third-order valence-electron chi connectivity index (χ3n) is 2.51. The second-order valence-electron chi connectivity index (χ2n) is 3.78. The third kappa shape index (κ3) is 2.74. The Hall–Kier alpha value is -2.76. The number of methoxy groups -OCH3 is 1. The van der Waals surface area contributed by atoms with Gasteiger partial charge in [0.25, 0.3) is 5.91 Å². The number of nitrogens with two attached hydrogens (primary N) is 1. The number of ether oxygens (including phenoxy) is 1. The number of carbonyl (C=O) groups is 1. The molecule has 1 amide bonds. The second kappa shape index (κ2) is 5.26. The van der Waals surface area contributed by atoms with Crippen LogP contribution < -0.4 is 15.8 Å². The monoisotopic (exact) mass is 259 g/mol. The maximum atomic E-state index is 11.9. The van der Waals surface area contributed by atoms with Crippen LogP contribution in [0.2, 0.25) is 0 Å². The minimum absolute atomic E-state index is 0.0952. The number of hydrogen-bond donors (Lipinski definition) is 3. The van der Waals surface area contributed by atoms with Crippen LogP contribution in [0.1, 0.15) is 10.5 Å². The quantitative estimate of drug-likeness (QED) is 0.728. The lowest BCUT2D eigenvalue weighted by molar-refractivity contribution is 0.102. The van der Waals surface area contributed by atoms with Crippen molar-refractivity contribution in [3.8, 4) is 11.5 Å². The van der Waals surface area contributed by atoms with Gasteiger partial charge in [0, 0.05) is 12.3 Å². The molecule has 0 bridgehead atoms. The molecule has 0 aliphatic heterocycles. The van der Waals surface area contributed by atoms with E-state index in [0.29, 0.717) is 5.75 Å². The van der Waals surface area contributed by atoms with Crippen LogP contribution in [0.4, 0.5) is 11.4 Å². The molecule has 2 rings (SSSR count). The number of nitrogens with one attached hydrogen (secondary N) is 1. The van der Waals surface area contributed by atoms with Gasteiger partial charge < -0.3 is 20.9 Å². The Morgan fingerprint density at radius 2 is 2.21 bits per heavy atom. The standard InChI is InChI=1S/C13H13N3O3/c1-19-8-4-5-10(11(17)7-8)16-13(18)12-9(14)3-2-6-15-12/h2-7,17H,14H2,1H3,(H,16,18). The molecule has 0 fully saturated rings. The van der Waals surface area contributed by atoms with E-state index in [-0.39, 0.29) is 22.8 Å². The summed E-state index contributed by atoms with van der Waals surface area (Å²) in [5.74, 6) is -0.0892. The number of hydrogen-bond acceptors (Lipinski definition) is 5. The van der Waals surface area contributed by atoms with Crippen LogP contribution in [0.25, 0.3) is 0 Å². The fraction of sp³-hybridized carbons (Fsp3) is 0.0769. The molecule has 1 aromatic heterocycles. The van der Waals surface area contributed by atoms with Crippen molar-refractivity contribution in [2.75, 3.05) is 18.2 Å². The molecule has 4 N–H and O–H groups in total. The Labute approximate surface area is 109 Å². The van der Waals surface area contributed by atoms with Crippen molar-refractivity contribution in [2.24, 2.45) is 0 Å². The van der Waals surface area contributed by atoms with Crippen LogP contribution in [0.15, 0.2) is 36.5 Å². The number of nitrogens with zero attached hydrogens (tertiary/aromatic N) is 1. The summed E-state index contributed by atoms with van der Waals surface area (Å²) in [6.07, 6.45) is 1.47. The topological polar surface area (TPSA) is 97.5 Å². The lowest BCUT2D eigenvalue weighted by Crippen LogP contribution is -2.15. The summed E-state index contributed by atoms with van der Waals surface area (Å²) in [4.78, 5) is 15.8. The molecule has 1 heterocycles. The first kappa shape index (κ1) is 12.7. The van der Waals surface area contributed by atoms with Gasteiger partial charge in [0.1, 0.15) is 11.5 Å². The first-order chi connectivity index (χ1) is 9.11. The van der Waals surface area contributed by atoms with Gasteiger partial charge in [0.2, 0.25) is 0 Å². The Balaban J connectivity index is 2.22. The number of aromatic nitrogens is 1. The van der Waals surface area contributed by atoms with Gasteiger partial charge in [-0.05, 0) is 24.3 Å². The molecule has 0 aliphatic carbocycles. The van der Waals surface area contributed by atoms with Crippen molar-refractivity contribution >= 4 is 17.3 Å². The van der Waals surface area contributed by atoms with Crippen LogP contribution in [0.5, 0.6) is 11.5 Å². The zero-order valence-corrected chi connectivity index (χ0v) is 10.3.